The van der Waals surface area contributed by atoms with Gasteiger partial charge in [-0.2, -0.15) is 0 Å². The van der Waals surface area contributed by atoms with E-state index >= 15 is 0 Å². The predicted molar refractivity (Wildman–Crippen MR) is 114 cm³/mol. The zero-order chi connectivity index (χ0) is 20.2. The summed E-state index contributed by atoms with van der Waals surface area (Å²) >= 11 is 1.46. The number of nitrogens with zero attached hydrogens (tertiary/aromatic N) is 3. The Morgan fingerprint density at radius 2 is 1.66 bits per heavy atom. The average Bonchev–Trinajstić information content (AvgIpc) is 2.76. The minimum atomic E-state index is -0.255. The predicted octanol–water partition coefficient (Wildman–Crippen LogP) is 3.05. The monoisotopic (exact) mass is 411 g/mol. The van der Waals surface area contributed by atoms with Gasteiger partial charge >= 0.3 is 0 Å². The quantitative estimate of drug-likeness (QED) is 0.776. The van der Waals surface area contributed by atoms with E-state index in [0.29, 0.717) is 31.9 Å². The Bertz CT molecular complexity index is 909. The number of piperazine rings is 1. The molecule has 0 unspecified atom stereocenters. The van der Waals surface area contributed by atoms with Gasteiger partial charge in [0.1, 0.15) is 12.4 Å². The zero-order valence-corrected chi connectivity index (χ0v) is 16.8. The van der Waals surface area contributed by atoms with Crippen LogP contribution >= 0.6 is 11.8 Å². The standard InChI is InChI=1S/C22H22FN3O2S/c23-18-6-8-19(9-7-18)24-10-12-25(13-11-24)21(27)14-26-20(15-29-16-22(26)28)17-4-2-1-3-5-17/h1-9,15H,10-14,16H2. The van der Waals surface area contributed by atoms with Gasteiger partial charge in [-0.05, 0) is 35.2 Å². The van der Waals surface area contributed by atoms with Crippen molar-refractivity contribution in [2.75, 3.05) is 43.4 Å². The number of amides is 2. The SMILES string of the molecule is O=C(CN1C(=O)CSC=C1c1ccccc1)N1CCN(c2ccc(F)cc2)CC1. The molecule has 5 nitrogen and oxygen atoms in total. The highest BCUT2D eigenvalue weighted by Crippen LogP contribution is 2.28. The highest BCUT2D eigenvalue weighted by atomic mass is 32.2. The van der Waals surface area contributed by atoms with Crippen LogP contribution in [0, 0.1) is 5.82 Å². The van der Waals surface area contributed by atoms with Crippen molar-refractivity contribution >= 4 is 35.0 Å². The number of thioether (sulfide) groups is 1. The minimum Gasteiger partial charge on any atom is -0.368 e. The van der Waals surface area contributed by atoms with E-state index in [1.165, 1.54) is 23.9 Å². The first-order chi connectivity index (χ1) is 14.1. The van der Waals surface area contributed by atoms with Gasteiger partial charge in [-0.3, -0.25) is 9.59 Å². The summed E-state index contributed by atoms with van der Waals surface area (Å²) in [4.78, 5) is 31.0. The molecule has 1 fully saturated rings. The van der Waals surface area contributed by atoms with Gasteiger partial charge in [0, 0.05) is 31.9 Å². The van der Waals surface area contributed by atoms with E-state index in [4.69, 9.17) is 0 Å². The van der Waals surface area contributed by atoms with Crippen molar-refractivity contribution in [1.29, 1.82) is 0 Å². The summed E-state index contributed by atoms with van der Waals surface area (Å²) in [5.41, 5.74) is 2.67. The molecule has 150 valence electrons. The number of halogens is 1. The van der Waals surface area contributed by atoms with Gasteiger partial charge in [-0.25, -0.2) is 4.39 Å². The van der Waals surface area contributed by atoms with Gasteiger partial charge < -0.3 is 14.7 Å². The number of rotatable bonds is 4. The van der Waals surface area contributed by atoms with Gasteiger partial charge in [0.2, 0.25) is 11.8 Å². The number of benzene rings is 2. The lowest BCUT2D eigenvalue weighted by Gasteiger charge is -2.37. The Labute approximate surface area is 173 Å². The Morgan fingerprint density at radius 3 is 2.34 bits per heavy atom. The summed E-state index contributed by atoms with van der Waals surface area (Å²) < 4.78 is 13.1. The topological polar surface area (TPSA) is 43.9 Å². The average molecular weight is 412 g/mol. The molecule has 2 aliphatic heterocycles. The van der Waals surface area contributed by atoms with Crippen LogP contribution in [-0.2, 0) is 9.59 Å². The maximum absolute atomic E-state index is 13.1. The van der Waals surface area contributed by atoms with Gasteiger partial charge in [0.15, 0.2) is 0 Å². The molecule has 0 atom stereocenters. The fourth-order valence-corrected chi connectivity index (χ4v) is 4.38. The van der Waals surface area contributed by atoms with E-state index in [2.05, 4.69) is 4.90 Å². The maximum atomic E-state index is 13.1. The fraction of sp³-hybridized carbons (Fsp3) is 0.273. The number of carbonyl (C=O) groups is 2. The van der Waals surface area contributed by atoms with Crippen molar-refractivity contribution in [2.45, 2.75) is 0 Å². The summed E-state index contributed by atoms with van der Waals surface area (Å²) in [5, 5.41) is 1.95. The van der Waals surface area contributed by atoms with Crippen molar-refractivity contribution in [3.05, 3.63) is 71.4 Å². The van der Waals surface area contributed by atoms with Crippen LogP contribution in [0.5, 0.6) is 0 Å². The lowest BCUT2D eigenvalue weighted by Crippen LogP contribution is -2.52. The zero-order valence-electron chi connectivity index (χ0n) is 16.0. The van der Waals surface area contributed by atoms with E-state index in [0.717, 1.165) is 16.9 Å². The lowest BCUT2D eigenvalue weighted by atomic mass is 10.1. The number of carbonyl (C=O) groups excluding carboxylic acids is 2. The Balaban J connectivity index is 1.40. The number of anilines is 1. The first-order valence-electron chi connectivity index (χ1n) is 9.58. The van der Waals surface area contributed by atoms with Crippen molar-refractivity contribution < 1.29 is 14.0 Å². The third kappa shape index (κ3) is 4.45. The second-order valence-corrected chi connectivity index (χ2v) is 7.86. The van der Waals surface area contributed by atoms with Gasteiger partial charge in [-0.15, -0.1) is 11.8 Å². The van der Waals surface area contributed by atoms with Crippen LogP contribution in [-0.4, -0.2) is 60.1 Å². The third-order valence-corrected chi connectivity index (χ3v) is 5.98. The lowest BCUT2D eigenvalue weighted by molar-refractivity contribution is -0.137. The molecule has 0 saturated carbocycles. The van der Waals surface area contributed by atoms with Crippen LogP contribution in [0.2, 0.25) is 0 Å². The van der Waals surface area contributed by atoms with Gasteiger partial charge in [0.25, 0.3) is 0 Å². The number of hydrogen-bond acceptors (Lipinski definition) is 4. The van der Waals surface area contributed by atoms with Crippen LogP contribution in [0.1, 0.15) is 5.56 Å². The normalized spacial score (nSPS) is 17.3. The second-order valence-electron chi connectivity index (χ2n) is 7.00. The highest BCUT2D eigenvalue weighted by molar-refractivity contribution is 8.03. The maximum Gasteiger partial charge on any atom is 0.242 e. The van der Waals surface area contributed by atoms with Crippen molar-refractivity contribution in [2.24, 2.45) is 0 Å². The molecular formula is C22H22FN3O2S. The largest absolute Gasteiger partial charge is 0.368 e. The van der Waals surface area contributed by atoms with Crippen LogP contribution in [0.15, 0.2) is 60.0 Å². The molecule has 1 saturated heterocycles. The van der Waals surface area contributed by atoms with E-state index in [-0.39, 0.29) is 24.2 Å². The molecule has 2 heterocycles. The van der Waals surface area contributed by atoms with Crippen LogP contribution < -0.4 is 4.90 Å². The van der Waals surface area contributed by atoms with E-state index < -0.39 is 0 Å². The molecule has 2 aliphatic rings. The van der Waals surface area contributed by atoms with Crippen LogP contribution in [0.25, 0.3) is 5.70 Å². The highest BCUT2D eigenvalue weighted by Gasteiger charge is 2.29. The first-order valence-corrected chi connectivity index (χ1v) is 10.6. The fourth-order valence-electron chi connectivity index (χ4n) is 3.58. The summed E-state index contributed by atoms with van der Waals surface area (Å²) in [5.74, 6) is -0.00297. The van der Waals surface area contributed by atoms with Gasteiger partial charge in [0.05, 0.1) is 11.4 Å². The summed E-state index contributed by atoms with van der Waals surface area (Å²) in [6, 6.07) is 16.1. The molecule has 0 bridgehead atoms. The van der Waals surface area contributed by atoms with E-state index in [1.54, 1.807) is 21.9 Å². The Kier molecular flexibility index (Phi) is 5.85. The summed E-state index contributed by atoms with van der Waals surface area (Å²) in [6.45, 7) is 2.58. The first kappa shape index (κ1) is 19.5. The molecule has 0 radical (unpaired) electrons. The van der Waals surface area contributed by atoms with Crippen LogP contribution in [0.3, 0.4) is 0 Å². The second kappa shape index (κ2) is 8.69. The van der Waals surface area contributed by atoms with Crippen molar-refractivity contribution in [3.8, 4) is 0 Å². The molecule has 4 rings (SSSR count). The number of hydrogen-bond donors (Lipinski definition) is 0. The van der Waals surface area contributed by atoms with Gasteiger partial charge in [-0.1, -0.05) is 30.3 Å². The Hall–Kier alpha value is -2.80. The molecule has 0 aromatic heterocycles. The summed E-state index contributed by atoms with van der Waals surface area (Å²) in [7, 11) is 0. The molecule has 0 spiro atoms. The molecular weight excluding hydrogens is 389 g/mol. The summed E-state index contributed by atoms with van der Waals surface area (Å²) in [6.07, 6.45) is 0. The van der Waals surface area contributed by atoms with Crippen molar-refractivity contribution in [1.82, 2.24) is 9.80 Å². The molecule has 0 N–H and O–H groups in total. The molecule has 2 aromatic carbocycles. The molecule has 29 heavy (non-hydrogen) atoms. The van der Waals surface area contributed by atoms with Crippen molar-refractivity contribution in [3.63, 3.8) is 0 Å². The van der Waals surface area contributed by atoms with E-state index in [1.807, 2.05) is 35.7 Å². The molecule has 2 amide bonds. The molecule has 7 heteroatoms. The minimum absolute atomic E-state index is 0.0466. The molecule has 0 aliphatic carbocycles. The molecule has 2 aromatic rings. The van der Waals surface area contributed by atoms with Crippen LogP contribution in [0.4, 0.5) is 10.1 Å². The Morgan fingerprint density at radius 1 is 0.966 bits per heavy atom. The third-order valence-electron chi connectivity index (χ3n) is 5.18. The smallest absolute Gasteiger partial charge is 0.242 e. The van der Waals surface area contributed by atoms with E-state index in [9.17, 15) is 14.0 Å².